The molecule has 0 saturated carbocycles. The fraction of sp³-hybridized carbons (Fsp3) is 0.298. The minimum atomic E-state index is -1.26. The number of rotatable bonds is 12. The van der Waals surface area contributed by atoms with E-state index in [2.05, 4.69) is 71.5 Å². The highest BCUT2D eigenvalue weighted by Gasteiger charge is 2.24. The first-order chi connectivity index (χ1) is 28.1. The van der Waals surface area contributed by atoms with Crippen molar-refractivity contribution in [3.05, 3.63) is 131 Å². The molecule has 3 heterocycles. The predicted octanol–water partition coefficient (Wildman–Crippen LogP) is 10.2. The molecular formula is C47H53ClN2O8S. The summed E-state index contributed by atoms with van der Waals surface area (Å²) in [5.74, 6) is 0.529. The number of halogens is 1. The number of benzene rings is 4. The van der Waals surface area contributed by atoms with Gasteiger partial charge < -0.3 is 34.1 Å². The van der Waals surface area contributed by atoms with Crippen LogP contribution in [0.1, 0.15) is 62.9 Å². The molecule has 7 rings (SSSR count). The third-order valence-electron chi connectivity index (χ3n) is 9.34. The Morgan fingerprint density at radius 1 is 0.695 bits per heavy atom. The molecule has 4 aromatic carbocycles. The molecule has 0 amide bonds. The van der Waals surface area contributed by atoms with Crippen LogP contribution < -0.4 is 18.9 Å². The van der Waals surface area contributed by atoms with E-state index >= 15 is 0 Å². The molecule has 2 N–H and O–H groups in total. The van der Waals surface area contributed by atoms with E-state index in [0.29, 0.717) is 45.0 Å². The quantitative estimate of drug-likeness (QED) is 0.114. The van der Waals surface area contributed by atoms with Crippen LogP contribution in [0.25, 0.3) is 16.3 Å². The number of carbonyl (C=O) groups is 2. The van der Waals surface area contributed by atoms with Crippen molar-refractivity contribution >= 4 is 52.5 Å². The Kier molecular flexibility index (Phi) is 18.2. The lowest BCUT2D eigenvalue weighted by molar-refractivity contribution is -0.134. The van der Waals surface area contributed by atoms with Crippen molar-refractivity contribution < 1.29 is 38.7 Å². The van der Waals surface area contributed by atoms with E-state index in [1.165, 1.54) is 52.4 Å². The summed E-state index contributed by atoms with van der Waals surface area (Å²) in [4.78, 5) is 29.0. The number of pyridine rings is 1. The molecule has 0 aliphatic carbocycles. The average molecular weight is 841 g/mol. The fourth-order valence-corrected chi connectivity index (χ4v) is 7.86. The van der Waals surface area contributed by atoms with Crippen molar-refractivity contribution in [1.29, 1.82) is 0 Å². The van der Waals surface area contributed by atoms with Crippen LogP contribution in [0, 0.1) is 0 Å². The zero-order valence-electron chi connectivity index (χ0n) is 34.2. The van der Waals surface area contributed by atoms with Crippen LogP contribution in [0.5, 0.6) is 23.0 Å². The maximum atomic E-state index is 9.55. The lowest BCUT2D eigenvalue weighted by atomic mass is 9.88. The molecule has 2 aliphatic heterocycles. The molecule has 1 saturated heterocycles. The highest BCUT2D eigenvalue weighted by Crippen LogP contribution is 2.47. The number of aliphatic carboxylic acids is 2. The molecular weight excluding hydrogens is 788 g/mol. The molecule has 0 unspecified atom stereocenters. The molecule has 10 nitrogen and oxygen atoms in total. The van der Waals surface area contributed by atoms with Gasteiger partial charge in [-0.3, -0.25) is 4.98 Å². The van der Waals surface area contributed by atoms with Gasteiger partial charge in [-0.15, -0.1) is 12.4 Å². The number of nitrogens with zero attached hydrogens (tertiary/aromatic N) is 2. The van der Waals surface area contributed by atoms with Crippen LogP contribution in [0.3, 0.4) is 0 Å². The third-order valence-corrected chi connectivity index (χ3v) is 10.5. The topological polar surface area (TPSA) is 128 Å². The Hall–Kier alpha value is -5.49. The van der Waals surface area contributed by atoms with E-state index in [1.54, 1.807) is 5.57 Å². The van der Waals surface area contributed by atoms with Crippen LogP contribution >= 0.6 is 24.2 Å². The summed E-state index contributed by atoms with van der Waals surface area (Å²) in [7, 11) is 2.22. The van der Waals surface area contributed by atoms with Crippen molar-refractivity contribution in [2.24, 2.45) is 0 Å². The summed E-state index contributed by atoms with van der Waals surface area (Å²) in [6.45, 7) is 12.6. The normalized spacial score (nSPS) is 13.1. The standard InChI is InChI=1S/C24H29NO4.C19H19NS.C4H4O4.ClH/c1-5-26-21-10-9-17(14-22(21)27-6-2)13-20-19-16-24(29-8-4)23(28-7-3)15-18(19)11-12-25-20;1-20-12-10-14(11-13-20)19-15-6-2-4-8-17(15)21-18-9-5-3-7-16(18)19;5-3(6)1-2-4(7)8;/h9-12,14-16H,5-8,13H2,1-4H3;2-9H,10-13H2,1H3;1-2H,(H,5,6)(H,7,8);1H. The van der Waals surface area contributed by atoms with Crippen LogP contribution in [-0.2, 0) is 16.0 Å². The molecule has 5 aromatic rings. The zero-order chi connectivity index (χ0) is 41.4. The van der Waals surface area contributed by atoms with Gasteiger partial charge in [0.15, 0.2) is 23.0 Å². The summed E-state index contributed by atoms with van der Waals surface area (Å²) in [6, 6.07) is 29.9. The number of carboxylic acids is 2. The smallest absolute Gasteiger partial charge is 0.328 e. The largest absolute Gasteiger partial charge is 0.490 e. The van der Waals surface area contributed by atoms with Gasteiger partial charge in [-0.1, -0.05) is 59.8 Å². The van der Waals surface area contributed by atoms with Crippen LogP contribution in [-0.4, -0.2) is 78.6 Å². The van der Waals surface area contributed by atoms with Crippen LogP contribution in [0.15, 0.2) is 119 Å². The molecule has 312 valence electrons. The first kappa shape index (κ1) is 46.2. The van der Waals surface area contributed by atoms with Gasteiger partial charge in [0.25, 0.3) is 0 Å². The first-order valence-electron chi connectivity index (χ1n) is 19.6. The lowest BCUT2D eigenvalue weighted by Crippen LogP contribution is -2.27. The number of ether oxygens (including phenoxy) is 4. The zero-order valence-corrected chi connectivity index (χ0v) is 35.9. The minimum absolute atomic E-state index is 0. The summed E-state index contributed by atoms with van der Waals surface area (Å²) in [6.07, 6.45) is 6.03. The second-order valence-electron chi connectivity index (χ2n) is 13.4. The minimum Gasteiger partial charge on any atom is -0.490 e. The van der Waals surface area contributed by atoms with Gasteiger partial charge in [0, 0.05) is 53.0 Å². The van der Waals surface area contributed by atoms with Gasteiger partial charge in [-0.25, -0.2) is 9.59 Å². The molecule has 1 fully saturated rings. The Morgan fingerprint density at radius 3 is 1.75 bits per heavy atom. The van der Waals surface area contributed by atoms with Crippen molar-refractivity contribution in [2.75, 3.05) is 46.6 Å². The number of aromatic nitrogens is 1. The fourth-order valence-electron chi connectivity index (χ4n) is 6.77. The third kappa shape index (κ3) is 12.7. The van der Waals surface area contributed by atoms with Gasteiger partial charge in [0.2, 0.25) is 0 Å². The van der Waals surface area contributed by atoms with E-state index in [4.69, 9.17) is 29.2 Å². The second kappa shape index (κ2) is 23.2. The molecule has 2 aliphatic rings. The number of fused-ring (bicyclic) bond motifs is 3. The average Bonchev–Trinajstić information content (AvgIpc) is 3.22. The summed E-state index contributed by atoms with van der Waals surface area (Å²) in [5.41, 5.74) is 8.10. The Balaban J connectivity index is 0.000000223. The maximum absolute atomic E-state index is 9.55. The van der Waals surface area contributed by atoms with E-state index in [-0.39, 0.29) is 12.4 Å². The number of likely N-dealkylation sites (tertiary alicyclic amines) is 1. The van der Waals surface area contributed by atoms with Crippen molar-refractivity contribution in [1.82, 2.24) is 9.88 Å². The Bertz CT molecular complexity index is 2190. The molecule has 12 heteroatoms. The monoisotopic (exact) mass is 840 g/mol. The summed E-state index contributed by atoms with van der Waals surface area (Å²) in [5, 5.41) is 17.8. The van der Waals surface area contributed by atoms with Gasteiger partial charge in [0.05, 0.1) is 32.1 Å². The molecule has 59 heavy (non-hydrogen) atoms. The second-order valence-corrected chi connectivity index (χ2v) is 14.4. The summed E-state index contributed by atoms with van der Waals surface area (Å²) < 4.78 is 23.0. The lowest BCUT2D eigenvalue weighted by Gasteiger charge is -2.30. The Morgan fingerprint density at radius 2 is 1.20 bits per heavy atom. The molecule has 0 radical (unpaired) electrons. The highest BCUT2D eigenvalue weighted by molar-refractivity contribution is 7.99. The number of hydrogen-bond donors (Lipinski definition) is 2. The SMILES string of the molecule is CCOc1ccc(Cc2nccc3cc(OCC)c(OCC)cc23)cc1OCC.CN1CCC(=C2c3ccccc3Sc3ccccc32)CC1.Cl.O=C(O)C=CC(=O)O. The van der Waals surface area contributed by atoms with Gasteiger partial charge in [-0.05, 0) is 118 Å². The van der Waals surface area contributed by atoms with E-state index < -0.39 is 11.9 Å². The van der Waals surface area contributed by atoms with E-state index in [9.17, 15) is 9.59 Å². The van der Waals surface area contributed by atoms with Crippen molar-refractivity contribution in [3.63, 3.8) is 0 Å². The Labute approximate surface area is 357 Å². The van der Waals surface area contributed by atoms with Crippen LogP contribution in [0.2, 0.25) is 0 Å². The maximum Gasteiger partial charge on any atom is 0.328 e. The van der Waals surface area contributed by atoms with E-state index in [1.807, 2.05) is 76.0 Å². The van der Waals surface area contributed by atoms with Gasteiger partial charge in [0.1, 0.15) is 0 Å². The summed E-state index contributed by atoms with van der Waals surface area (Å²) >= 11 is 1.91. The predicted molar refractivity (Wildman–Crippen MR) is 237 cm³/mol. The van der Waals surface area contributed by atoms with E-state index in [0.717, 1.165) is 45.0 Å². The number of piperidine rings is 1. The molecule has 0 atom stereocenters. The number of carboxylic acid groups (broad SMARTS) is 2. The highest BCUT2D eigenvalue weighted by atomic mass is 35.5. The molecule has 1 aromatic heterocycles. The van der Waals surface area contributed by atoms with Crippen molar-refractivity contribution in [2.45, 2.75) is 56.7 Å². The van der Waals surface area contributed by atoms with Gasteiger partial charge in [-0.2, -0.15) is 0 Å². The van der Waals surface area contributed by atoms with Crippen molar-refractivity contribution in [3.8, 4) is 23.0 Å². The molecule has 0 spiro atoms. The molecule has 0 bridgehead atoms. The number of hydrogen-bond acceptors (Lipinski definition) is 9. The first-order valence-corrected chi connectivity index (χ1v) is 20.4. The van der Waals surface area contributed by atoms with Crippen LogP contribution in [0.4, 0.5) is 0 Å². The van der Waals surface area contributed by atoms with Gasteiger partial charge >= 0.3 is 11.9 Å².